The van der Waals surface area contributed by atoms with Crippen LogP contribution in [0.2, 0.25) is 5.02 Å². The highest BCUT2D eigenvalue weighted by Gasteiger charge is 2.13. The number of hydrogen-bond donors (Lipinski definition) is 1. The minimum Gasteiger partial charge on any atom is -0.356 e. The van der Waals surface area contributed by atoms with Crippen LogP contribution in [-0.4, -0.2) is 42.6 Å². The number of pyridine rings is 1. The van der Waals surface area contributed by atoms with E-state index in [1.54, 1.807) is 6.20 Å². The van der Waals surface area contributed by atoms with E-state index >= 15 is 0 Å². The fourth-order valence-corrected chi connectivity index (χ4v) is 2.60. The topological polar surface area (TPSA) is 45.4 Å². The maximum Gasteiger partial charge on any atom is 0.147 e. The molecule has 0 bridgehead atoms. The van der Waals surface area contributed by atoms with Gasteiger partial charge in [-0.2, -0.15) is 0 Å². The second kappa shape index (κ2) is 9.16. The zero-order valence-corrected chi connectivity index (χ0v) is 13.7. The third kappa shape index (κ3) is 4.62. The Morgan fingerprint density at radius 3 is 2.40 bits per heavy atom. The smallest absolute Gasteiger partial charge is 0.147 e. The molecule has 0 saturated carbocycles. The average Bonchev–Trinajstić information content (AvgIpc) is 2.48. The molecule has 0 unspecified atom stereocenters. The van der Waals surface area contributed by atoms with Crippen molar-refractivity contribution in [1.29, 1.82) is 0 Å². The Hall–Kier alpha value is -0.840. The molecule has 1 rings (SSSR count). The fourth-order valence-electron chi connectivity index (χ4n) is 2.29. The molecule has 1 aromatic heterocycles. The normalized spacial score (nSPS) is 11.1. The van der Waals surface area contributed by atoms with Crippen LogP contribution >= 0.6 is 11.6 Å². The van der Waals surface area contributed by atoms with E-state index in [2.05, 4.69) is 35.6 Å². The highest BCUT2D eigenvalue weighted by molar-refractivity contribution is 6.33. The van der Waals surface area contributed by atoms with Crippen molar-refractivity contribution in [1.82, 2.24) is 9.88 Å². The van der Waals surface area contributed by atoms with E-state index in [0.29, 0.717) is 11.6 Å². The van der Waals surface area contributed by atoms with Gasteiger partial charge in [0.05, 0.1) is 5.02 Å². The first kappa shape index (κ1) is 17.2. The van der Waals surface area contributed by atoms with Crippen molar-refractivity contribution in [3.05, 3.63) is 22.8 Å². The van der Waals surface area contributed by atoms with E-state index in [1.165, 1.54) is 0 Å². The standard InChI is InChI=1S/C15H27ClN4/c1-4-19(5-2)10-7-11-20(6-3)15-14(16)13(12-17)8-9-18-15/h8-9H,4-7,10-12,17H2,1-3H3. The van der Waals surface area contributed by atoms with Crippen LogP contribution < -0.4 is 10.6 Å². The van der Waals surface area contributed by atoms with Crippen molar-refractivity contribution in [2.24, 2.45) is 5.73 Å². The van der Waals surface area contributed by atoms with Gasteiger partial charge < -0.3 is 15.5 Å². The lowest BCUT2D eigenvalue weighted by atomic mass is 10.2. The molecule has 0 aliphatic carbocycles. The van der Waals surface area contributed by atoms with Gasteiger partial charge in [0.25, 0.3) is 0 Å². The summed E-state index contributed by atoms with van der Waals surface area (Å²) in [6, 6.07) is 1.88. The third-order valence-electron chi connectivity index (χ3n) is 3.65. The van der Waals surface area contributed by atoms with Crippen molar-refractivity contribution < 1.29 is 0 Å². The summed E-state index contributed by atoms with van der Waals surface area (Å²) in [6.45, 7) is 12.2. The van der Waals surface area contributed by atoms with Gasteiger partial charge in [-0.3, -0.25) is 0 Å². The Labute approximate surface area is 127 Å². The molecule has 4 nitrogen and oxygen atoms in total. The van der Waals surface area contributed by atoms with Gasteiger partial charge in [-0.1, -0.05) is 25.4 Å². The summed E-state index contributed by atoms with van der Waals surface area (Å²) in [6.07, 6.45) is 2.90. The SMILES string of the molecule is CCN(CC)CCCN(CC)c1nccc(CN)c1Cl. The monoisotopic (exact) mass is 298 g/mol. The molecule has 5 heteroatoms. The quantitative estimate of drug-likeness (QED) is 0.761. The largest absolute Gasteiger partial charge is 0.356 e. The number of rotatable bonds is 9. The molecule has 114 valence electrons. The molecular formula is C15H27ClN4. The second-order valence-electron chi connectivity index (χ2n) is 4.77. The molecule has 20 heavy (non-hydrogen) atoms. The van der Waals surface area contributed by atoms with Gasteiger partial charge in [0, 0.05) is 25.8 Å². The number of hydrogen-bond acceptors (Lipinski definition) is 4. The number of nitrogens with two attached hydrogens (primary N) is 1. The molecule has 0 amide bonds. The minimum atomic E-state index is 0.450. The predicted molar refractivity (Wildman–Crippen MR) is 87.4 cm³/mol. The van der Waals surface area contributed by atoms with Gasteiger partial charge >= 0.3 is 0 Å². The summed E-state index contributed by atoms with van der Waals surface area (Å²) in [4.78, 5) is 9.08. The van der Waals surface area contributed by atoms with E-state index in [4.69, 9.17) is 17.3 Å². The van der Waals surface area contributed by atoms with Crippen LogP contribution in [0.15, 0.2) is 12.3 Å². The van der Waals surface area contributed by atoms with Crippen molar-refractivity contribution in [3.8, 4) is 0 Å². The van der Waals surface area contributed by atoms with Crippen molar-refractivity contribution in [3.63, 3.8) is 0 Å². The summed E-state index contributed by atoms with van der Waals surface area (Å²) in [5, 5.41) is 0.694. The number of nitrogens with zero attached hydrogens (tertiary/aromatic N) is 3. The van der Waals surface area contributed by atoms with Crippen molar-refractivity contribution in [2.75, 3.05) is 37.6 Å². The molecule has 0 fully saturated rings. The van der Waals surface area contributed by atoms with Gasteiger partial charge in [-0.15, -0.1) is 0 Å². The van der Waals surface area contributed by atoms with Gasteiger partial charge in [-0.25, -0.2) is 4.98 Å². The van der Waals surface area contributed by atoms with Gasteiger partial charge in [0.1, 0.15) is 5.82 Å². The predicted octanol–water partition coefficient (Wildman–Crippen LogP) is 2.75. The van der Waals surface area contributed by atoms with E-state index < -0.39 is 0 Å². The van der Waals surface area contributed by atoms with Crippen molar-refractivity contribution >= 4 is 17.4 Å². The van der Waals surface area contributed by atoms with Gasteiger partial charge in [0.15, 0.2) is 0 Å². The van der Waals surface area contributed by atoms with E-state index in [1.807, 2.05) is 6.07 Å². The van der Waals surface area contributed by atoms with Crippen LogP contribution in [-0.2, 0) is 6.54 Å². The summed E-state index contributed by atoms with van der Waals surface area (Å²) >= 11 is 6.38. The highest BCUT2D eigenvalue weighted by Crippen LogP contribution is 2.26. The first-order valence-electron chi connectivity index (χ1n) is 7.48. The summed E-state index contributed by atoms with van der Waals surface area (Å²) < 4.78 is 0. The van der Waals surface area contributed by atoms with Crippen LogP contribution in [0, 0.1) is 0 Å². The van der Waals surface area contributed by atoms with Crippen LogP contribution in [0.3, 0.4) is 0 Å². The zero-order valence-electron chi connectivity index (χ0n) is 12.9. The summed E-state index contributed by atoms with van der Waals surface area (Å²) in [7, 11) is 0. The van der Waals surface area contributed by atoms with E-state index in [-0.39, 0.29) is 0 Å². The lowest BCUT2D eigenvalue weighted by molar-refractivity contribution is 0.300. The molecule has 0 saturated heterocycles. The molecular weight excluding hydrogens is 272 g/mol. The number of aromatic nitrogens is 1. The second-order valence-corrected chi connectivity index (χ2v) is 5.15. The summed E-state index contributed by atoms with van der Waals surface area (Å²) in [5.74, 6) is 0.858. The van der Waals surface area contributed by atoms with Crippen LogP contribution in [0.1, 0.15) is 32.8 Å². The molecule has 0 aliphatic heterocycles. The first-order valence-corrected chi connectivity index (χ1v) is 7.86. The fraction of sp³-hybridized carbons (Fsp3) is 0.667. The maximum atomic E-state index is 6.38. The molecule has 1 heterocycles. The van der Waals surface area contributed by atoms with Gasteiger partial charge in [-0.05, 0) is 44.6 Å². The number of halogens is 1. The molecule has 2 N–H and O–H groups in total. The Kier molecular flexibility index (Phi) is 7.88. The average molecular weight is 299 g/mol. The van der Waals surface area contributed by atoms with Gasteiger partial charge in [0.2, 0.25) is 0 Å². The zero-order chi connectivity index (χ0) is 15.0. The van der Waals surface area contributed by atoms with Crippen molar-refractivity contribution in [2.45, 2.75) is 33.7 Å². The lowest BCUT2D eigenvalue weighted by Gasteiger charge is -2.25. The molecule has 0 aromatic carbocycles. The maximum absolute atomic E-state index is 6.38. The molecule has 0 radical (unpaired) electrons. The highest BCUT2D eigenvalue weighted by atomic mass is 35.5. The third-order valence-corrected chi connectivity index (χ3v) is 4.06. The first-order chi connectivity index (χ1) is 9.67. The van der Waals surface area contributed by atoms with Crippen LogP contribution in [0.25, 0.3) is 0 Å². The van der Waals surface area contributed by atoms with E-state index in [9.17, 15) is 0 Å². The van der Waals surface area contributed by atoms with E-state index in [0.717, 1.165) is 50.5 Å². The Bertz CT molecular complexity index is 393. The Balaban J connectivity index is 2.67. The minimum absolute atomic E-state index is 0.450. The molecule has 1 aromatic rings. The summed E-state index contributed by atoms with van der Waals surface area (Å²) in [5.41, 5.74) is 6.66. The Morgan fingerprint density at radius 2 is 1.85 bits per heavy atom. The van der Waals surface area contributed by atoms with Crippen LogP contribution in [0.5, 0.6) is 0 Å². The molecule has 0 aliphatic rings. The lowest BCUT2D eigenvalue weighted by Crippen LogP contribution is -2.30. The molecule has 0 spiro atoms. The Morgan fingerprint density at radius 1 is 1.15 bits per heavy atom. The molecule has 0 atom stereocenters. The number of anilines is 1. The van der Waals surface area contributed by atoms with Crippen LogP contribution in [0.4, 0.5) is 5.82 Å².